The van der Waals surface area contributed by atoms with Crippen LogP contribution in [0.1, 0.15) is 22.8 Å². The summed E-state index contributed by atoms with van der Waals surface area (Å²) >= 11 is 2.34. The first-order valence-corrected chi connectivity index (χ1v) is 10.8. The van der Waals surface area contributed by atoms with Crippen LogP contribution in [-0.2, 0) is 4.79 Å². The first-order chi connectivity index (χ1) is 14.0. The number of rotatable bonds is 7. The van der Waals surface area contributed by atoms with Gasteiger partial charge in [-0.2, -0.15) is 0 Å². The van der Waals surface area contributed by atoms with Gasteiger partial charge in [-0.25, -0.2) is 4.39 Å². The quantitative estimate of drug-likeness (QED) is 0.521. The topological polar surface area (TPSA) is 66.5 Å². The molecule has 0 unspecified atom stereocenters. The molecule has 3 amide bonds. The van der Waals surface area contributed by atoms with Crippen LogP contribution in [0, 0.1) is 5.82 Å². The normalized spacial score (nSPS) is 15.2. The van der Waals surface area contributed by atoms with Gasteiger partial charge in [0.2, 0.25) is 0 Å². The van der Waals surface area contributed by atoms with Crippen LogP contribution in [0.25, 0.3) is 6.08 Å². The average molecular weight is 431 g/mol. The van der Waals surface area contributed by atoms with Crippen LogP contribution in [-0.4, -0.2) is 40.8 Å². The standard InChI is InChI=1S/C21H19FN2O3S2/c1-2-28-17-10-6-4-8-15(17)19(25)23-11-12-24-20(26)18(29-21(24)27)13-14-7-3-5-9-16(14)22/h3-10,13H,2,11-12H2,1H3,(H,23,25)/b18-13-. The number of carbonyl (C=O) groups excluding carboxylic acids is 3. The molecule has 1 aliphatic heterocycles. The zero-order valence-corrected chi connectivity index (χ0v) is 17.3. The molecule has 1 fully saturated rings. The lowest BCUT2D eigenvalue weighted by Gasteiger charge is -2.14. The first kappa shape index (κ1) is 21.1. The second-order valence-corrected chi connectivity index (χ2v) is 8.34. The summed E-state index contributed by atoms with van der Waals surface area (Å²) in [6.45, 7) is 2.19. The van der Waals surface area contributed by atoms with E-state index in [1.165, 1.54) is 18.2 Å². The predicted octanol–water partition coefficient (Wildman–Crippen LogP) is 4.40. The van der Waals surface area contributed by atoms with E-state index in [1.807, 2.05) is 19.1 Å². The summed E-state index contributed by atoms with van der Waals surface area (Å²) in [4.78, 5) is 39.2. The molecular formula is C21H19FN2O3S2. The van der Waals surface area contributed by atoms with Crippen LogP contribution in [0.5, 0.6) is 0 Å². The highest BCUT2D eigenvalue weighted by Gasteiger charge is 2.34. The van der Waals surface area contributed by atoms with Crippen molar-refractivity contribution in [2.45, 2.75) is 11.8 Å². The Morgan fingerprint density at radius 2 is 1.90 bits per heavy atom. The number of carbonyl (C=O) groups is 3. The zero-order valence-electron chi connectivity index (χ0n) is 15.7. The minimum Gasteiger partial charge on any atom is -0.350 e. The molecule has 0 aliphatic carbocycles. The van der Waals surface area contributed by atoms with Gasteiger partial charge in [-0.05, 0) is 41.8 Å². The van der Waals surface area contributed by atoms with E-state index in [2.05, 4.69) is 5.32 Å². The van der Waals surface area contributed by atoms with Gasteiger partial charge >= 0.3 is 0 Å². The highest BCUT2D eigenvalue weighted by Crippen LogP contribution is 2.32. The number of amides is 3. The van der Waals surface area contributed by atoms with Crippen molar-refractivity contribution in [2.75, 3.05) is 18.8 Å². The molecule has 0 radical (unpaired) electrons. The van der Waals surface area contributed by atoms with Crippen molar-refractivity contribution in [3.8, 4) is 0 Å². The monoisotopic (exact) mass is 430 g/mol. The molecule has 0 saturated carbocycles. The Kier molecular flexibility index (Phi) is 7.11. The van der Waals surface area contributed by atoms with Crippen molar-refractivity contribution in [2.24, 2.45) is 0 Å². The molecular weight excluding hydrogens is 411 g/mol. The third kappa shape index (κ3) is 5.07. The molecule has 2 aromatic carbocycles. The van der Waals surface area contributed by atoms with Crippen LogP contribution in [0.15, 0.2) is 58.3 Å². The fourth-order valence-electron chi connectivity index (χ4n) is 2.74. The van der Waals surface area contributed by atoms with Gasteiger partial charge in [0, 0.05) is 23.5 Å². The summed E-state index contributed by atoms with van der Waals surface area (Å²) in [5.41, 5.74) is 0.810. The predicted molar refractivity (Wildman–Crippen MR) is 114 cm³/mol. The number of hydrogen-bond acceptors (Lipinski definition) is 5. The maximum absolute atomic E-state index is 13.8. The van der Waals surface area contributed by atoms with Crippen molar-refractivity contribution in [1.29, 1.82) is 0 Å². The molecule has 0 aromatic heterocycles. The molecule has 29 heavy (non-hydrogen) atoms. The molecule has 1 heterocycles. The lowest BCUT2D eigenvalue weighted by molar-refractivity contribution is -0.122. The van der Waals surface area contributed by atoms with Crippen molar-refractivity contribution >= 4 is 46.7 Å². The van der Waals surface area contributed by atoms with E-state index < -0.39 is 17.0 Å². The van der Waals surface area contributed by atoms with E-state index in [0.29, 0.717) is 5.56 Å². The van der Waals surface area contributed by atoms with E-state index in [-0.39, 0.29) is 29.5 Å². The molecule has 2 aromatic rings. The lowest BCUT2D eigenvalue weighted by atomic mass is 10.2. The molecule has 1 aliphatic rings. The van der Waals surface area contributed by atoms with Crippen molar-refractivity contribution in [1.82, 2.24) is 10.2 Å². The van der Waals surface area contributed by atoms with Crippen LogP contribution < -0.4 is 5.32 Å². The van der Waals surface area contributed by atoms with Crippen molar-refractivity contribution < 1.29 is 18.8 Å². The van der Waals surface area contributed by atoms with E-state index in [0.717, 1.165) is 27.3 Å². The summed E-state index contributed by atoms with van der Waals surface area (Å²) < 4.78 is 13.8. The summed E-state index contributed by atoms with van der Waals surface area (Å²) in [5, 5.41) is 2.32. The number of halogens is 1. The molecule has 8 heteroatoms. The van der Waals surface area contributed by atoms with Gasteiger partial charge in [-0.15, -0.1) is 11.8 Å². The number of thioether (sulfide) groups is 2. The SMILES string of the molecule is CCSc1ccccc1C(=O)NCCN1C(=O)S/C(=C\c2ccccc2F)C1=O. The summed E-state index contributed by atoms with van der Waals surface area (Å²) in [6.07, 6.45) is 1.37. The second kappa shape index (κ2) is 9.76. The zero-order chi connectivity index (χ0) is 20.8. The lowest BCUT2D eigenvalue weighted by Crippen LogP contribution is -2.37. The smallest absolute Gasteiger partial charge is 0.293 e. The second-order valence-electron chi connectivity index (χ2n) is 6.04. The summed E-state index contributed by atoms with van der Waals surface area (Å²) in [5.74, 6) is -0.361. The Morgan fingerprint density at radius 3 is 2.66 bits per heavy atom. The Morgan fingerprint density at radius 1 is 1.17 bits per heavy atom. The van der Waals surface area contributed by atoms with Gasteiger partial charge in [0.05, 0.1) is 10.5 Å². The molecule has 1 N–H and O–H groups in total. The van der Waals surface area contributed by atoms with Crippen LogP contribution in [0.4, 0.5) is 9.18 Å². The first-order valence-electron chi connectivity index (χ1n) is 9.01. The molecule has 0 spiro atoms. The molecule has 3 rings (SSSR count). The van der Waals surface area contributed by atoms with Crippen LogP contribution >= 0.6 is 23.5 Å². The molecule has 5 nitrogen and oxygen atoms in total. The Balaban J connectivity index is 1.61. The number of hydrogen-bond donors (Lipinski definition) is 1. The van der Waals surface area contributed by atoms with Gasteiger partial charge < -0.3 is 5.32 Å². The van der Waals surface area contributed by atoms with Crippen LogP contribution in [0.3, 0.4) is 0 Å². The Bertz CT molecular complexity index is 978. The van der Waals surface area contributed by atoms with Crippen LogP contribution in [0.2, 0.25) is 0 Å². The number of benzene rings is 2. The van der Waals surface area contributed by atoms with E-state index >= 15 is 0 Å². The van der Waals surface area contributed by atoms with E-state index in [1.54, 1.807) is 36.0 Å². The largest absolute Gasteiger partial charge is 0.350 e. The van der Waals surface area contributed by atoms with E-state index in [4.69, 9.17) is 0 Å². The van der Waals surface area contributed by atoms with Gasteiger partial charge in [-0.1, -0.05) is 37.3 Å². The number of nitrogens with one attached hydrogen (secondary N) is 1. The third-order valence-corrected chi connectivity index (χ3v) is 5.98. The van der Waals surface area contributed by atoms with Gasteiger partial charge in [0.15, 0.2) is 0 Å². The molecule has 0 bridgehead atoms. The highest BCUT2D eigenvalue weighted by molar-refractivity contribution is 8.18. The molecule has 1 saturated heterocycles. The summed E-state index contributed by atoms with van der Waals surface area (Å²) in [7, 11) is 0. The number of nitrogens with zero attached hydrogens (tertiary/aromatic N) is 1. The fourth-order valence-corrected chi connectivity index (χ4v) is 4.40. The summed E-state index contributed by atoms with van der Waals surface area (Å²) in [6, 6.07) is 13.3. The maximum Gasteiger partial charge on any atom is 0.293 e. The minimum atomic E-state index is -0.487. The maximum atomic E-state index is 13.8. The minimum absolute atomic E-state index is 0.0497. The fraction of sp³-hybridized carbons (Fsp3) is 0.190. The average Bonchev–Trinajstić information content (AvgIpc) is 2.97. The van der Waals surface area contributed by atoms with Gasteiger partial charge in [0.25, 0.3) is 17.1 Å². The van der Waals surface area contributed by atoms with Crippen molar-refractivity contribution in [3.63, 3.8) is 0 Å². The highest BCUT2D eigenvalue weighted by atomic mass is 32.2. The van der Waals surface area contributed by atoms with Gasteiger partial charge in [-0.3, -0.25) is 19.3 Å². The third-order valence-electron chi connectivity index (χ3n) is 4.12. The Labute approximate surface area is 176 Å². The van der Waals surface area contributed by atoms with E-state index in [9.17, 15) is 18.8 Å². The molecule has 0 atom stereocenters. The van der Waals surface area contributed by atoms with Crippen molar-refractivity contribution in [3.05, 3.63) is 70.4 Å². The van der Waals surface area contributed by atoms with Gasteiger partial charge in [0.1, 0.15) is 5.82 Å². The number of imide groups is 1. The Hall–Kier alpha value is -2.58. The molecule has 150 valence electrons.